The Hall–Kier alpha value is -2.87. The van der Waals surface area contributed by atoms with Crippen molar-refractivity contribution in [2.45, 2.75) is 45.8 Å². The smallest absolute Gasteiger partial charge is 0.407 e. The van der Waals surface area contributed by atoms with Crippen LogP contribution >= 0.6 is 11.3 Å². The van der Waals surface area contributed by atoms with Crippen molar-refractivity contribution < 1.29 is 14.3 Å². The first-order valence-corrected chi connectivity index (χ1v) is 10.4. The highest BCUT2D eigenvalue weighted by Crippen LogP contribution is 2.46. The van der Waals surface area contributed by atoms with Crippen molar-refractivity contribution >= 4 is 27.5 Å². The van der Waals surface area contributed by atoms with Gasteiger partial charge in [-0.2, -0.15) is 0 Å². The number of pyridine rings is 2. The molecule has 0 radical (unpaired) electrons. The minimum Gasteiger partial charge on any atom is -0.491 e. The van der Waals surface area contributed by atoms with Crippen molar-refractivity contribution in [3.63, 3.8) is 0 Å². The quantitative estimate of drug-likeness (QED) is 0.677. The number of aromatic amines is 1. The van der Waals surface area contributed by atoms with Crippen LogP contribution in [0.2, 0.25) is 0 Å². The first-order chi connectivity index (χ1) is 13.8. The molecule has 4 rings (SSSR count). The second-order valence-electron chi connectivity index (χ2n) is 7.92. The van der Waals surface area contributed by atoms with Crippen LogP contribution in [-0.4, -0.2) is 28.3 Å². The number of carbonyl (C=O) groups excluding carboxylic acids is 1. The molecule has 7 nitrogen and oxygen atoms in total. The van der Waals surface area contributed by atoms with Gasteiger partial charge >= 0.3 is 6.09 Å². The zero-order valence-electron chi connectivity index (χ0n) is 16.6. The number of ether oxygens (including phenoxy) is 2. The molecule has 0 aliphatic carbocycles. The molecule has 152 valence electrons. The highest BCUT2D eigenvalue weighted by Gasteiger charge is 2.25. The zero-order valence-corrected chi connectivity index (χ0v) is 17.4. The van der Waals surface area contributed by atoms with E-state index in [1.54, 1.807) is 12.4 Å². The minimum absolute atomic E-state index is 0.179. The molecule has 3 aromatic heterocycles. The first kappa shape index (κ1) is 19.4. The van der Waals surface area contributed by atoms with E-state index in [2.05, 4.69) is 15.3 Å². The number of aromatic nitrogens is 2. The number of amides is 1. The van der Waals surface area contributed by atoms with Crippen molar-refractivity contribution in [1.82, 2.24) is 15.3 Å². The first-order valence-electron chi connectivity index (χ1n) is 9.54. The predicted octanol–water partition coefficient (Wildman–Crippen LogP) is 4.00. The summed E-state index contributed by atoms with van der Waals surface area (Å²) in [5, 5.41) is 3.60. The number of carbonyl (C=O) groups is 1. The third kappa shape index (κ3) is 3.98. The number of nitrogens with zero attached hydrogens (tertiary/aromatic N) is 1. The van der Waals surface area contributed by atoms with Gasteiger partial charge in [0.2, 0.25) is 0 Å². The van der Waals surface area contributed by atoms with Crippen LogP contribution in [0.15, 0.2) is 29.3 Å². The summed E-state index contributed by atoms with van der Waals surface area (Å²) < 4.78 is 12.0. The highest BCUT2D eigenvalue weighted by atomic mass is 32.1. The Labute approximate surface area is 172 Å². The molecule has 1 amide bonds. The molecule has 0 saturated carbocycles. The monoisotopic (exact) mass is 413 g/mol. The lowest BCUT2D eigenvalue weighted by Gasteiger charge is -2.20. The Morgan fingerprint density at radius 1 is 1.34 bits per heavy atom. The van der Waals surface area contributed by atoms with Gasteiger partial charge in [0.25, 0.3) is 5.56 Å². The average molecular weight is 413 g/mol. The maximum atomic E-state index is 12.8. The molecule has 3 aromatic rings. The summed E-state index contributed by atoms with van der Waals surface area (Å²) in [6, 6.07) is 3.82. The van der Waals surface area contributed by atoms with Crippen LogP contribution in [0.1, 0.15) is 38.4 Å². The Morgan fingerprint density at radius 2 is 2.10 bits per heavy atom. The van der Waals surface area contributed by atoms with Gasteiger partial charge in [-0.3, -0.25) is 9.78 Å². The fourth-order valence-corrected chi connectivity index (χ4v) is 4.60. The van der Waals surface area contributed by atoms with Crippen LogP contribution < -0.4 is 15.6 Å². The molecule has 0 atom stereocenters. The molecule has 4 heterocycles. The number of hydrogen-bond acceptors (Lipinski definition) is 6. The lowest BCUT2D eigenvalue weighted by atomic mass is 10.0. The van der Waals surface area contributed by atoms with E-state index < -0.39 is 11.7 Å². The van der Waals surface area contributed by atoms with Crippen LogP contribution in [0, 0.1) is 0 Å². The van der Waals surface area contributed by atoms with Crippen LogP contribution in [0.4, 0.5) is 4.79 Å². The van der Waals surface area contributed by atoms with E-state index in [1.807, 2.05) is 32.9 Å². The van der Waals surface area contributed by atoms with Gasteiger partial charge in [0.05, 0.1) is 18.0 Å². The van der Waals surface area contributed by atoms with E-state index in [1.165, 1.54) is 11.3 Å². The molecule has 0 saturated heterocycles. The zero-order chi connectivity index (χ0) is 20.6. The summed E-state index contributed by atoms with van der Waals surface area (Å²) in [7, 11) is 0. The average Bonchev–Trinajstić information content (AvgIpc) is 2.91. The van der Waals surface area contributed by atoms with Crippen molar-refractivity contribution in [3.05, 3.63) is 46.1 Å². The second-order valence-corrected chi connectivity index (χ2v) is 8.94. The predicted molar refractivity (Wildman–Crippen MR) is 113 cm³/mol. The number of aryl methyl sites for hydroxylation is 1. The molecule has 0 unspecified atom stereocenters. The molecule has 0 bridgehead atoms. The molecule has 29 heavy (non-hydrogen) atoms. The number of rotatable bonds is 3. The van der Waals surface area contributed by atoms with Crippen molar-refractivity contribution in [2.75, 3.05) is 6.61 Å². The Bertz CT molecular complexity index is 1110. The van der Waals surface area contributed by atoms with Gasteiger partial charge in [-0.25, -0.2) is 4.79 Å². The second kappa shape index (κ2) is 7.51. The van der Waals surface area contributed by atoms with Crippen LogP contribution in [0.5, 0.6) is 5.75 Å². The summed E-state index contributed by atoms with van der Waals surface area (Å²) in [6.07, 6.45) is 4.53. The van der Waals surface area contributed by atoms with Crippen LogP contribution in [0.25, 0.3) is 20.5 Å². The summed E-state index contributed by atoms with van der Waals surface area (Å²) >= 11 is 1.42. The van der Waals surface area contributed by atoms with E-state index in [0.717, 1.165) is 40.0 Å². The van der Waals surface area contributed by atoms with Gasteiger partial charge in [-0.1, -0.05) is 0 Å². The molecule has 0 spiro atoms. The number of alkyl carbamates (subject to hydrolysis) is 1. The topological polar surface area (TPSA) is 93.3 Å². The number of nitrogens with one attached hydrogen (secondary N) is 2. The summed E-state index contributed by atoms with van der Waals surface area (Å²) in [4.78, 5) is 32.8. The van der Waals surface area contributed by atoms with Gasteiger partial charge in [-0.15, -0.1) is 11.3 Å². The normalized spacial score (nSPS) is 13.6. The van der Waals surface area contributed by atoms with E-state index in [-0.39, 0.29) is 12.1 Å². The van der Waals surface area contributed by atoms with Crippen molar-refractivity contribution in [3.8, 4) is 16.2 Å². The molecule has 8 heteroatoms. The number of hydrogen-bond donors (Lipinski definition) is 2. The number of H-pyrrole nitrogens is 1. The fraction of sp³-hybridized carbons (Fsp3) is 0.381. The molecular formula is C21H23N3O4S. The van der Waals surface area contributed by atoms with Crippen LogP contribution in [-0.2, 0) is 17.7 Å². The van der Waals surface area contributed by atoms with Gasteiger partial charge in [-0.05, 0) is 56.9 Å². The third-order valence-electron chi connectivity index (χ3n) is 4.57. The van der Waals surface area contributed by atoms with Crippen LogP contribution in [0.3, 0.4) is 0 Å². The Balaban J connectivity index is 1.77. The minimum atomic E-state index is -0.582. The van der Waals surface area contributed by atoms with Gasteiger partial charge in [0, 0.05) is 23.5 Å². The van der Waals surface area contributed by atoms with Gasteiger partial charge in [0.15, 0.2) is 0 Å². The molecule has 2 N–H and O–H groups in total. The SMILES string of the molecule is CC(C)(C)OC(=O)NCc1[nH]c(=O)c2sc(-c3ccncc3)c3c2c1CCCO3. The molecule has 1 aliphatic heterocycles. The third-order valence-corrected chi connectivity index (χ3v) is 5.79. The van der Waals surface area contributed by atoms with E-state index in [4.69, 9.17) is 9.47 Å². The summed E-state index contributed by atoms with van der Waals surface area (Å²) in [6.45, 7) is 6.19. The summed E-state index contributed by atoms with van der Waals surface area (Å²) in [5.74, 6) is 0.744. The van der Waals surface area contributed by atoms with Crippen molar-refractivity contribution in [2.24, 2.45) is 0 Å². The maximum Gasteiger partial charge on any atom is 0.407 e. The van der Waals surface area contributed by atoms with E-state index in [0.29, 0.717) is 17.0 Å². The molecular weight excluding hydrogens is 390 g/mol. The Morgan fingerprint density at radius 3 is 2.83 bits per heavy atom. The molecule has 1 aliphatic rings. The lowest BCUT2D eigenvalue weighted by Crippen LogP contribution is -2.33. The lowest BCUT2D eigenvalue weighted by molar-refractivity contribution is 0.0523. The molecule has 0 fully saturated rings. The summed E-state index contributed by atoms with van der Waals surface area (Å²) in [5.41, 5.74) is 1.92. The molecule has 0 aromatic carbocycles. The number of thiophene rings is 1. The fourth-order valence-electron chi connectivity index (χ4n) is 3.43. The Kier molecular flexibility index (Phi) is 5.04. The van der Waals surface area contributed by atoms with Crippen molar-refractivity contribution in [1.29, 1.82) is 0 Å². The van der Waals surface area contributed by atoms with E-state index in [9.17, 15) is 9.59 Å². The van der Waals surface area contributed by atoms with Gasteiger partial charge < -0.3 is 19.8 Å². The van der Waals surface area contributed by atoms with E-state index >= 15 is 0 Å². The van der Waals surface area contributed by atoms with Gasteiger partial charge in [0.1, 0.15) is 16.1 Å². The standard InChI is InChI=1S/C21H23N3O4S/c1-21(2,3)28-20(26)23-11-14-13-5-4-10-27-16-15(13)18(19(25)24-14)29-17(16)12-6-8-22-9-7-12/h6-9H,4-5,10-11H2,1-3H3,(H,23,26)(H,24,25). The largest absolute Gasteiger partial charge is 0.491 e. The maximum absolute atomic E-state index is 12.8. The highest BCUT2D eigenvalue weighted by molar-refractivity contribution is 7.22.